The summed E-state index contributed by atoms with van der Waals surface area (Å²) in [6, 6.07) is 15.3. The van der Waals surface area contributed by atoms with E-state index in [0.717, 1.165) is 24.9 Å². The summed E-state index contributed by atoms with van der Waals surface area (Å²) in [5.74, 6) is -0.588. The molecule has 0 aliphatic carbocycles. The fraction of sp³-hybridized carbons (Fsp3) is 0.381. The molecule has 4 rings (SSSR count). The molecule has 1 fully saturated rings. The number of piperidine rings is 1. The summed E-state index contributed by atoms with van der Waals surface area (Å²) in [4.78, 5) is 0. The molecule has 0 saturated carbocycles. The average molecular weight is 505 g/mol. The number of nitrogens with zero attached hydrogens (tertiary/aromatic N) is 4. The molecule has 2 atom stereocenters. The molecule has 3 aromatic rings. The van der Waals surface area contributed by atoms with Gasteiger partial charge in [-0.1, -0.05) is 30.3 Å². The van der Waals surface area contributed by atoms with E-state index in [1.54, 1.807) is 12.1 Å². The lowest BCUT2D eigenvalue weighted by atomic mass is 9.92. The SMILES string of the molecule is COc1ccc(-n2nnnc2C(F)(F)F)cc1CNC1CCCNC1c1ccccc1.Cl.Cl. The van der Waals surface area contributed by atoms with Gasteiger partial charge in [-0.2, -0.15) is 17.9 Å². The van der Waals surface area contributed by atoms with Crippen LogP contribution >= 0.6 is 24.8 Å². The van der Waals surface area contributed by atoms with Crippen LogP contribution in [0.5, 0.6) is 5.75 Å². The standard InChI is InChI=1S/C21H23F3N6O.2ClH/c1-31-18-10-9-16(30-20(21(22,23)24)27-28-29-30)12-15(18)13-26-17-8-5-11-25-19(17)14-6-3-2-4-7-14;;/h2-4,6-7,9-10,12,17,19,25-26H,5,8,11,13H2,1H3;2*1H. The van der Waals surface area contributed by atoms with Gasteiger partial charge in [-0.3, -0.25) is 0 Å². The molecule has 2 aromatic carbocycles. The Morgan fingerprint density at radius 3 is 2.61 bits per heavy atom. The van der Waals surface area contributed by atoms with Crippen molar-refractivity contribution in [2.75, 3.05) is 13.7 Å². The van der Waals surface area contributed by atoms with Gasteiger partial charge >= 0.3 is 6.18 Å². The summed E-state index contributed by atoms with van der Waals surface area (Å²) < 4.78 is 45.7. The molecule has 1 aliphatic heterocycles. The van der Waals surface area contributed by atoms with Gasteiger partial charge in [-0.15, -0.1) is 29.9 Å². The molecule has 7 nitrogen and oxygen atoms in total. The first-order chi connectivity index (χ1) is 15.0. The number of halogens is 5. The Morgan fingerprint density at radius 1 is 1.15 bits per heavy atom. The van der Waals surface area contributed by atoms with Crippen molar-refractivity contribution in [1.29, 1.82) is 0 Å². The summed E-state index contributed by atoms with van der Waals surface area (Å²) in [5.41, 5.74) is 2.14. The van der Waals surface area contributed by atoms with E-state index in [-0.39, 0.29) is 42.6 Å². The third kappa shape index (κ3) is 6.14. The third-order valence-corrected chi connectivity index (χ3v) is 5.40. The predicted octanol–water partition coefficient (Wildman–Crippen LogP) is 4.12. The van der Waals surface area contributed by atoms with E-state index in [4.69, 9.17) is 4.74 Å². The monoisotopic (exact) mass is 504 g/mol. The van der Waals surface area contributed by atoms with Crippen molar-refractivity contribution >= 4 is 24.8 Å². The van der Waals surface area contributed by atoms with Gasteiger partial charge in [0, 0.05) is 24.2 Å². The molecule has 2 N–H and O–H groups in total. The summed E-state index contributed by atoms with van der Waals surface area (Å²) in [6.45, 7) is 1.37. The van der Waals surface area contributed by atoms with Crippen LogP contribution in [0.2, 0.25) is 0 Å². The smallest absolute Gasteiger partial charge is 0.453 e. The zero-order valence-electron chi connectivity index (χ0n) is 17.7. The van der Waals surface area contributed by atoms with Crippen molar-refractivity contribution in [3.8, 4) is 11.4 Å². The van der Waals surface area contributed by atoms with E-state index in [1.807, 2.05) is 18.2 Å². The van der Waals surface area contributed by atoms with Gasteiger partial charge in [-0.05, 0) is 53.6 Å². The largest absolute Gasteiger partial charge is 0.496 e. The van der Waals surface area contributed by atoms with Gasteiger partial charge in [0.1, 0.15) is 5.75 Å². The molecular formula is C21H25Cl2F3N6O. The lowest BCUT2D eigenvalue weighted by Gasteiger charge is -2.34. The Labute approximate surface area is 201 Å². The van der Waals surface area contributed by atoms with Gasteiger partial charge in [0.25, 0.3) is 5.82 Å². The van der Waals surface area contributed by atoms with Crippen molar-refractivity contribution in [1.82, 2.24) is 30.8 Å². The number of hydrogen-bond acceptors (Lipinski definition) is 6. The summed E-state index contributed by atoms with van der Waals surface area (Å²) in [7, 11) is 1.53. The predicted molar refractivity (Wildman–Crippen MR) is 122 cm³/mol. The highest BCUT2D eigenvalue weighted by Crippen LogP contribution is 2.30. The van der Waals surface area contributed by atoms with Crippen LogP contribution in [-0.4, -0.2) is 39.9 Å². The number of rotatable bonds is 6. The first kappa shape index (κ1) is 26.8. The molecule has 180 valence electrons. The van der Waals surface area contributed by atoms with Crippen LogP contribution in [0.4, 0.5) is 13.2 Å². The van der Waals surface area contributed by atoms with Crippen molar-refractivity contribution in [2.24, 2.45) is 0 Å². The number of methoxy groups -OCH3 is 1. The summed E-state index contributed by atoms with van der Waals surface area (Å²) in [6.07, 6.45) is -2.63. The molecular weight excluding hydrogens is 480 g/mol. The normalized spacial score (nSPS) is 18.2. The van der Waals surface area contributed by atoms with Gasteiger partial charge in [0.15, 0.2) is 0 Å². The Bertz CT molecular complexity index is 1020. The Kier molecular flexibility index (Phi) is 9.47. The summed E-state index contributed by atoms with van der Waals surface area (Å²) in [5, 5.41) is 16.9. The van der Waals surface area contributed by atoms with Crippen molar-refractivity contribution in [3.63, 3.8) is 0 Å². The van der Waals surface area contributed by atoms with Crippen molar-refractivity contribution in [3.05, 3.63) is 65.5 Å². The first-order valence-electron chi connectivity index (χ1n) is 10.0. The fourth-order valence-corrected chi connectivity index (χ4v) is 3.93. The molecule has 2 unspecified atom stereocenters. The number of aromatic nitrogens is 4. The molecule has 0 radical (unpaired) electrons. The minimum Gasteiger partial charge on any atom is -0.496 e. The summed E-state index contributed by atoms with van der Waals surface area (Å²) >= 11 is 0. The lowest BCUT2D eigenvalue weighted by Crippen LogP contribution is -2.45. The van der Waals surface area contributed by atoms with E-state index in [9.17, 15) is 13.2 Å². The molecule has 0 bridgehead atoms. The van der Waals surface area contributed by atoms with Crippen LogP contribution in [-0.2, 0) is 12.7 Å². The Hall–Kier alpha value is -2.40. The average Bonchev–Trinajstić information content (AvgIpc) is 3.29. The minimum atomic E-state index is -4.65. The number of hydrogen-bond donors (Lipinski definition) is 2. The maximum atomic E-state index is 13.2. The van der Waals surface area contributed by atoms with E-state index in [0.29, 0.717) is 17.0 Å². The van der Waals surface area contributed by atoms with E-state index in [1.165, 1.54) is 18.7 Å². The molecule has 0 spiro atoms. The van der Waals surface area contributed by atoms with Crippen LogP contribution in [0, 0.1) is 0 Å². The number of tetrazole rings is 1. The van der Waals surface area contributed by atoms with Crippen LogP contribution in [0.15, 0.2) is 48.5 Å². The molecule has 0 amide bonds. The molecule has 1 aromatic heterocycles. The van der Waals surface area contributed by atoms with E-state index < -0.39 is 12.0 Å². The van der Waals surface area contributed by atoms with Gasteiger partial charge in [-0.25, -0.2) is 0 Å². The van der Waals surface area contributed by atoms with Crippen LogP contribution in [0.1, 0.15) is 35.8 Å². The molecule has 1 saturated heterocycles. The maximum Gasteiger partial charge on any atom is 0.453 e. The van der Waals surface area contributed by atoms with E-state index >= 15 is 0 Å². The maximum absolute atomic E-state index is 13.2. The first-order valence-corrected chi connectivity index (χ1v) is 10.0. The number of benzene rings is 2. The Balaban J connectivity index is 0.00000193. The second kappa shape index (κ2) is 11.6. The highest BCUT2D eigenvalue weighted by Gasteiger charge is 2.38. The van der Waals surface area contributed by atoms with Crippen molar-refractivity contribution in [2.45, 2.75) is 37.6 Å². The zero-order valence-corrected chi connectivity index (χ0v) is 19.4. The highest BCUT2D eigenvalue weighted by atomic mass is 35.5. The number of nitrogens with one attached hydrogen (secondary N) is 2. The van der Waals surface area contributed by atoms with Crippen LogP contribution in [0.3, 0.4) is 0 Å². The second-order valence-electron chi connectivity index (χ2n) is 7.38. The molecule has 33 heavy (non-hydrogen) atoms. The zero-order chi connectivity index (χ0) is 21.8. The lowest BCUT2D eigenvalue weighted by molar-refractivity contribution is -0.146. The van der Waals surface area contributed by atoms with Gasteiger partial charge in [0.05, 0.1) is 12.8 Å². The highest BCUT2D eigenvalue weighted by molar-refractivity contribution is 5.85. The topological polar surface area (TPSA) is 76.9 Å². The number of alkyl halides is 3. The molecule has 12 heteroatoms. The fourth-order valence-electron chi connectivity index (χ4n) is 3.93. The third-order valence-electron chi connectivity index (χ3n) is 5.40. The van der Waals surface area contributed by atoms with E-state index in [2.05, 4.69) is 38.3 Å². The van der Waals surface area contributed by atoms with Crippen LogP contribution in [0.25, 0.3) is 5.69 Å². The van der Waals surface area contributed by atoms with Crippen molar-refractivity contribution < 1.29 is 17.9 Å². The Morgan fingerprint density at radius 2 is 1.91 bits per heavy atom. The number of ether oxygens (including phenoxy) is 1. The van der Waals surface area contributed by atoms with Gasteiger partial charge in [0.2, 0.25) is 0 Å². The van der Waals surface area contributed by atoms with Crippen LogP contribution < -0.4 is 15.4 Å². The second-order valence-corrected chi connectivity index (χ2v) is 7.38. The molecule has 1 aliphatic rings. The molecule has 2 heterocycles. The van der Waals surface area contributed by atoms with Gasteiger partial charge < -0.3 is 15.4 Å². The minimum absolute atomic E-state index is 0. The quantitative estimate of drug-likeness (QED) is 0.525.